The van der Waals surface area contributed by atoms with Crippen molar-refractivity contribution in [2.75, 3.05) is 6.61 Å². The van der Waals surface area contributed by atoms with Gasteiger partial charge in [0, 0.05) is 18.2 Å². The average molecular weight is 259 g/mol. The molecule has 1 N–H and O–H groups in total. The van der Waals surface area contributed by atoms with E-state index in [-0.39, 0.29) is 12.2 Å². The molecule has 100 valence electrons. The Morgan fingerprint density at radius 2 is 2.05 bits per heavy atom. The fraction of sp³-hybridized carbons (Fsp3) is 0.267. The summed E-state index contributed by atoms with van der Waals surface area (Å²) in [6.07, 6.45) is 0. The summed E-state index contributed by atoms with van der Waals surface area (Å²) < 4.78 is 6.99. The molecular formula is C15H17NO3. The molecule has 0 amide bonds. The first-order valence-corrected chi connectivity index (χ1v) is 6.20. The number of pyridine rings is 1. The van der Waals surface area contributed by atoms with Crippen molar-refractivity contribution < 1.29 is 9.84 Å². The Morgan fingerprint density at radius 1 is 1.26 bits per heavy atom. The highest BCUT2D eigenvalue weighted by atomic mass is 16.5. The molecule has 0 radical (unpaired) electrons. The first kappa shape index (κ1) is 13.4. The van der Waals surface area contributed by atoms with Crippen molar-refractivity contribution in [1.82, 2.24) is 4.57 Å². The largest absolute Gasteiger partial charge is 0.494 e. The van der Waals surface area contributed by atoms with Gasteiger partial charge in [-0.25, -0.2) is 0 Å². The summed E-state index contributed by atoms with van der Waals surface area (Å²) in [5, 5.41) is 9.09. The van der Waals surface area contributed by atoms with E-state index < -0.39 is 0 Å². The number of nitrogens with zero attached hydrogens (tertiary/aromatic N) is 1. The minimum absolute atomic E-state index is 0.179. The topological polar surface area (TPSA) is 51.5 Å². The SMILES string of the molecule is CCOc1cccc(-c2ccc(CO)c(=O)n2C)c1. The van der Waals surface area contributed by atoms with Crippen molar-refractivity contribution >= 4 is 0 Å². The second-order valence-electron chi connectivity index (χ2n) is 4.23. The molecule has 0 aliphatic heterocycles. The van der Waals surface area contributed by atoms with Crippen LogP contribution in [0.5, 0.6) is 5.75 Å². The third-order valence-electron chi connectivity index (χ3n) is 2.99. The van der Waals surface area contributed by atoms with Crippen molar-refractivity contribution in [2.45, 2.75) is 13.5 Å². The third-order valence-corrected chi connectivity index (χ3v) is 2.99. The second kappa shape index (κ2) is 5.71. The maximum Gasteiger partial charge on any atom is 0.256 e. The van der Waals surface area contributed by atoms with Gasteiger partial charge in [-0.3, -0.25) is 4.79 Å². The Morgan fingerprint density at radius 3 is 2.74 bits per heavy atom. The van der Waals surface area contributed by atoms with Crippen LogP contribution in [0.15, 0.2) is 41.2 Å². The van der Waals surface area contributed by atoms with Crippen LogP contribution >= 0.6 is 0 Å². The molecule has 1 aromatic heterocycles. The summed E-state index contributed by atoms with van der Waals surface area (Å²) >= 11 is 0. The first-order valence-electron chi connectivity index (χ1n) is 6.20. The number of hydrogen-bond donors (Lipinski definition) is 1. The van der Waals surface area contributed by atoms with E-state index in [0.717, 1.165) is 17.0 Å². The minimum atomic E-state index is -0.244. The monoisotopic (exact) mass is 259 g/mol. The van der Waals surface area contributed by atoms with E-state index in [9.17, 15) is 4.79 Å². The number of aliphatic hydroxyl groups excluding tert-OH is 1. The Labute approximate surface area is 111 Å². The van der Waals surface area contributed by atoms with Crippen LogP contribution in [0.4, 0.5) is 0 Å². The highest BCUT2D eigenvalue weighted by molar-refractivity contribution is 5.61. The van der Waals surface area contributed by atoms with Crippen LogP contribution in [0.1, 0.15) is 12.5 Å². The predicted molar refractivity (Wildman–Crippen MR) is 74.2 cm³/mol. The fourth-order valence-electron chi connectivity index (χ4n) is 2.01. The highest BCUT2D eigenvalue weighted by Gasteiger charge is 2.07. The summed E-state index contributed by atoms with van der Waals surface area (Å²) in [5.74, 6) is 0.777. The summed E-state index contributed by atoms with van der Waals surface area (Å²) in [5.41, 5.74) is 1.92. The lowest BCUT2D eigenvalue weighted by Gasteiger charge is -2.11. The maximum absolute atomic E-state index is 12.0. The number of ether oxygens (including phenoxy) is 1. The predicted octanol–water partition coefficient (Wildman–Crippen LogP) is 1.94. The van der Waals surface area contributed by atoms with Crippen LogP contribution in [0.3, 0.4) is 0 Å². The lowest BCUT2D eigenvalue weighted by atomic mass is 10.1. The van der Waals surface area contributed by atoms with E-state index in [2.05, 4.69) is 0 Å². The van der Waals surface area contributed by atoms with Gasteiger partial charge >= 0.3 is 0 Å². The van der Waals surface area contributed by atoms with Gasteiger partial charge in [-0.1, -0.05) is 12.1 Å². The second-order valence-corrected chi connectivity index (χ2v) is 4.23. The van der Waals surface area contributed by atoms with E-state index in [1.54, 1.807) is 13.1 Å². The van der Waals surface area contributed by atoms with Crippen LogP contribution in [0.25, 0.3) is 11.3 Å². The van der Waals surface area contributed by atoms with E-state index >= 15 is 0 Å². The number of hydrogen-bond acceptors (Lipinski definition) is 3. The zero-order chi connectivity index (χ0) is 13.8. The summed E-state index contributed by atoms with van der Waals surface area (Å²) in [6.45, 7) is 2.29. The van der Waals surface area contributed by atoms with Gasteiger partial charge in [0.25, 0.3) is 5.56 Å². The standard InChI is InChI=1S/C15H17NO3/c1-3-19-13-6-4-5-11(9-13)14-8-7-12(10-17)15(18)16(14)2/h4-9,17H,3,10H2,1-2H3. The molecule has 0 fully saturated rings. The number of aliphatic hydroxyl groups is 1. The smallest absolute Gasteiger partial charge is 0.256 e. The van der Waals surface area contributed by atoms with Crippen LogP contribution in [-0.4, -0.2) is 16.3 Å². The highest BCUT2D eigenvalue weighted by Crippen LogP contribution is 2.22. The Kier molecular flexibility index (Phi) is 4.02. The van der Waals surface area contributed by atoms with E-state index in [1.807, 2.05) is 37.3 Å². The molecule has 0 aliphatic rings. The Bertz CT molecular complexity index is 632. The molecule has 4 heteroatoms. The summed E-state index contributed by atoms with van der Waals surface area (Å²) in [7, 11) is 1.70. The summed E-state index contributed by atoms with van der Waals surface area (Å²) in [4.78, 5) is 12.0. The number of rotatable bonds is 4. The van der Waals surface area contributed by atoms with Crippen LogP contribution in [0.2, 0.25) is 0 Å². The molecule has 1 heterocycles. The molecule has 1 aromatic carbocycles. The number of aromatic nitrogens is 1. The van der Waals surface area contributed by atoms with Crippen LogP contribution < -0.4 is 10.3 Å². The van der Waals surface area contributed by atoms with Crippen molar-refractivity contribution in [3.63, 3.8) is 0 Å². The minimum Gasteiger partial charge on any atom is -0.494 e. The molecule has 0 aliphatic carbocycles. The molecule has 4 nitrogen and oxygen atoms in total. The number of benzene rings is 1. The van der Waals surface area contributed by atoms with Crippen molar-refractivity contribution in [2.24, 2.45) is 7.05 Å². The molecule has 19 heavy (non-hydrogen) atoms. The van der Waals surface area contributed by atoms with Gasteiger partial charge in [0.2, 0.25) is 0 Å². The van der Waals surface area contributed by atoms with Crippen LogP contribution in [-0.2, 0) is 13.7 Å². The van der Waals surface area contributed by atoms with E-state index in [1.165, 1.54) is 4.57 Å². The van der Waals surface area contributed by atoms with E-state index in [0.29, 0.717) is 12.2 Å². The van der Waals surface area contributed by atoms with Crippen molar-refractivity contribution in [1.29, 1.82) is 0 Å². The molecule has 0 saturated heterocycles. The van der Waals surface area contributed by atoms with Crippen LogP contribution in [0, 0.1) is 0 Å². The van der Waals surface area contributed by atoms with E-state index in [4.69, 9.17) is 9.84 Å². The Hall–Kier alpha value is -2.07. The average Bonchev–Trinajstić information content (AvgIpc) is 2.42. The third kappa shape index (κ3) is 2.69. The van der Waals surface area contributed by atoms with Gasteiger partial charge in [-0.05, 0) is 31.2 Å². The molecule has 0 atom stereocenters. The molecule has 0 unspecified atom stereocenters. The quantitative estimate of drug-likeness (QED) is 0.913. The lowest BCUT2D eigenvalue weighted by molar-refractivity contribution is 0.279. The van der Waals surface area contributed by atoms with Gasteiger partial charge in [0.05, 0.1) is 18.9 Å². The van der Waals surface area contributed by atoms with Crippen molar-refractivity contribution in [3.05, 3.63) is 52.3 Å². The molecule has 2 rings (SSSR count). The van der Waals surface area contributed by atoms with Crippen molar-refractivity contribution in [3.8, 4) is 17.0 Å². The summed E-state index contributed by atoms with van der Waals surface area (Å²) in [6, 6.07) is 11.1. The molecule has 2 aromatic rings. The first-order chi connectivity index (χ1) is 9.17. The normalized spacial score (nSPS) is 10.5. The molecule has 0 spiro atoms. The lowest BCUT2D eigenvalue weighted by Crippen LogP contribution is -2.22. The van der Waals surface area contributed by atoms with Gasteiger partial charge in [-0.15, -0.1) is 0 Å². The fourth-order valence-corrected chi connectivity index (χ4v) is 2.01. The zero-order valence-corrected chi connectivity index (χ0v) is 11.1. The zero-order valence-electron chi connectivity index (χ0n) is 11.1. The molecular weight excluding hydrogens is 242 g/mol. The van der Waals surface area contributed by atoms with Gasteiger partial charge in [0.1, 0.15) is 5.75 Å². The van der Waals surface area contributed by atoms with Gasteiger partial charge in [0.15, 0.2) is 0 Å². The maximum atomic E-state index is 12.0. The van der Waals surface area contributed by atoms with Gasteiger partial charge < -0.3 is 14.4 Å². The Balaban J connectivity index is 2.50. The van der Waals surface area contributed by atoms with Gasteiger partial charge in [-0.2, -0.15) is 0 Å². The molecule has 0 bridgehead atoms. The molecule has 0 saturated carbocycles.